The molecule has 0 bridgehead atoms. The van der Waals surface area contributed by atoms with E-state index in [1.807, 2.05) is 0 Å². The Labute approximate surface area is 184 Å². The van der Waals surface area contributed by atoms with Gasteiger partial charge in [0, 0.05) is 24.3 Å². The Balaban J connectivity index is 1.77. The third-order valence-electron chi connectivity index (χ3n) is 5.74. The van der Waals surface area contributed by atoms with E-state index >= 15 is 0 Å². The molecular formula is C23H26F3N3O3. The van der Waals surface area contributed by atoms with E-state index in [2.05, 4.69) is 28.9 Å². The van der Waals surface area contributed by atoms with Crippen molar-refractivity contribution in [2.75, 3.05) is 0 Å². The Kier molecular flexibility index (Phi) is 6.88. The van der Waals surface area contributed by atoms with E-state index in [-0.39, 0.29) is 16.8 Å². The smallest absolute Gasteiger partial charge is 0.418 e. The molecule has 9 heteroatoms. The van der Waals surface area contributed by atoms with Crippen molar-refractivity contribution < 1.29 is 27.5 Å². The second-order valence-electron chi connectivity index (χ2n) is 8.80. The molecule has 172 valence electrons. The minimum atomic E-state index is -5.22. The normalized spacial score (nSPS) is 16.5. The average molecular weight is 449 g/mol. The largest absolute Gasteiger partial charge is 0.491 e. The Morgan fingerprint density at radius 1 is 1.19 bits per heavy atom. The average Bonchev–Trinajstić information content (AvgIpc) is 2.72. The van der Waals surface area contributed by atoms with Gasteiger partial charge in [0.1, 0.15) is 0 Å². The van der Waals surface area contributed by atoms with E-state index in [1.165, 1.54) is 18.2 Å². The number of nitrogens with two attached hydrogens (primary N) is 1. The SMILES string of the molecule is CC1(C)CCC(NCc2ccc(-c3cccc(C(N)=O)c3OC(=O)C(F)(F)F)nc2)CC1. The lowest BCUT2D eigenvalue weighted by molar-refractivity contribution is -0.189. The quantitative estimate of drug-likeness (QED) is 0.504. The molecule has 1 fully saturated rings. The monoisotopic (exact) mass is 449 g/mol. The first-order chi connectivity index (χ1) is 15.0. The maximum Gasteiger partial charge on any atom is 0.491 e. The third kappa shape index (κ3) is 5.85. The van der Waals surface area contributed by atoms with Crippen molar-refractivity contribution in [3.8, 4) is 17.0 Å². The number of nitrogens with one attached hydrogen (secondary N) is 1. The van der Waals surface area contributed by atoms with Crippen LogP contribution in [-0.4, -0.2) is 29.1 Å². The number of halogens is 3. The summed E-state index contributed by atoms with van der Waals surface area (Å²) in [6.45, 7) is 5.16. The Hall–Kier alpha value is -2.94. The summed E-state index contributed by atoms with van der Waals surface area (Å²) in [6, 6.07) is 7.86. The number of nitrogens with zero attached hydrogens (tertiary/aromatic N) is 1. The number of amides is 1. The van der Waals surface area contributed by atoms with Gasteiger partial charge in [-0.15, -0.1) is 0 Å². The van der Waals surface area contributed by atoms with Gasteiger partial charge in [-0.2, -0.15) is 13.2 Å². The fourth-order valence-corrected chi connectivity index (χ4v) is 3.75. The molecule has 1 heterocycles. The summed E-state index contributed by atoms with van der Waals surface area (Å²) in [7, 11) is 0. The first kappa shape index (κ1) is 23.7. The lowest BCUT2D eigenvalue weighted by Gasteiger charge is -2.34. The predicted octanol–water partition coefficient (Wildman–Crippen LogP) is 4.37. The van der Waals surface area contributed by atoms with E-state index in [4.69, 9.17) is 5.73 Å². The summed E-state index contributed by atoms with van der Waals surface area (Å²) in [6.07, 6.45) is 0.911. The van der Waals surface area contributed by atoms with E-state index < -0.39 is 23.8 Å². The van der Waals surface area contributed by atoms with Crippen LogP contribution in [0.15, 0.2) is 36.5 Å². The van der Waals surface area contributed by atoms with Crippen molar-refractivity contribution in [1.82, 2.24) is 10.3 Å². The molecule has 1 aliphatic rings. The number of benzene rings is 1. The topological polar surface area (TPSA) is 94.3 Å². The van der Waals surface area contributed by atoms with Crippen LogP contribution in [-0.2, 0) is 11.3 Å². The molecule has 0 unspecified atom stereocenters. The molecule has 6 nitrogen and oxygen atoms in total. The van der Waals surface area contributed by atoms with Gasteiger partial charge in [-0.05, 0) is 54.9 Å². The minimum absolute atomic E-state index is 0.0629. The van der Waals surface area contributed by atoms with Crippen LogP contribution in [0.3, 0.4) is 0 Å². The summed E-state index contributed by atoms with van der Waals surface area (Å²) >= 11 is 0. The summed E-state index contributed by atoms with van der Waals surface area (Å²) in [4.78, 5) is 27.4. The van der Waals surface area contributed by atoms with Gasteiger partial charge < -0.3 is 15.8 Å². The highest BCUT2D eigenvalue weighted by atomic mass is 19.4. The van der Waals surface area contributed by atoms with Gasteiger partial charge in [0.15, 0.2) is 5.75 Å². The van der Waals surface area contributed by atoms with Gasteiger partial charge in [-0.25, -0.2) is 4.79 Å². The number of ether oxygens (including phenoxy) is 1. The van der Waals surface area contributed by atoms with Gasteiger partial charge in [-0.3, -0.25) is 9.78 Å². The number of para-hydroxylation sites is 1. The number of hydrogen-bond donors (Lipinski definition) is 2. The Bertz CT molecular complexity index is 978. The molecule has 1 aliphatic carbocycles. The van der Waals surface area contributed by atoms with Gasteiger partial charge in [0.2, 0.25) is 0 Å². The number of carbonyl (C=O) groups excluding carboxylic acids is 2. The van der Waals surface area contributed by atoms with Gasteiger partial charge in [0.25, 0.3) is 5.91 Å². The zero-order valence-corrected chi connectivity index (χ0v) is 18.0. The number of carbonyl (C=O) groups is 2. The lowest BCUT2D eigenvalue weighted by atomic mass is 9.75. The number of alkyl halides is 3. The molecule has 1 saturated carbocycles. The molecule has 3 N–H and O–H groups in total. The molecule has 1 aromatic carbocycles. The zero-order chi connectivity index (χ0) is 23.5. The molecule has 1 amide bonds. The highest BCUT2D eigenvalue weighted by Gasteiger charge is 2.42. The second-order valence-corrected chi connectivity index (χ2v) is 8.80. The maximum atomic E-state index is 12.7. The number of hydrogen-bond acceptors (Lipinski definition) is 5. The summed E-state index contributed by atoms with van der Waals surface area (Å²) < 4.78 is 42.7. The summed E-state index contributed by atoms with van der Waals surface area (Å²) in [5.74, 6) is -4.03. The van der Waals surface area contributed by atoms with Crippen molar-refractivity contribution >= 4 is 11.9 Å². The first-order valence-electron chi connectivity index (χ1n) is 10.4. The third-order valence-corrected chi connectivity index (χ3v) is 5.74. The van der Waals surface area contributed by atoms with E-state index in [0.717, 1.165) is 31.2 Å². The van der Waals surface area contributed by atoms with Crippen LogP contribution < -0.4 is 15.8 Å². The highest BCUT2D eigenvalue weighted by molar-refractivity contribution is 5.99. The van der Waals surface area contributed by atoms with Crippen LogP contribution in [0.5, 0.6) is 5.75 Å². The fourth-order valence-electron chi connectivity index (χ4n) is 3.75. The Morgan fingerprint density at radius 2 is 1.88 bits per heavy atom. The van der Waals surface area contributed by atoms with Crippen LogP contribution in [0.4, 0.5) is 13.2 Å². The summed E-state index contributed by atoms with van der Waals surface area (Å²) in [5, 5.41) is 3.52. The molecular weight excluding hydrogens is 423 g/mol. The minimum Gasteiger partial charge on any atom is -0.418 e. The van der Waals surface area contributed by atoms with Crippen LogP contribution in [0.1, 0.15) is 55.5 Å². The first-order valence-corrected chi connectivity index (χ1v) is 10.4. The van der Waals surface area contributed by atoms with Crippen molar-refractivity contribution in [3.63, 3.8) is 0 Å². The molecule has 0 radical (unpaired) electrons. The molecule has 0 aliphatic heterocycles. The van der Waals surface area contributed by atoms with Crippen LogP contribution in [0.2, 0.25) is 0 Å². The molecule has 0 spiro atoms. The van der Waals surface area contributed by atoms with Crippen LogP contribution >= 0.6 is 0 Å². The molecule has 2 aromatic rings. The van der Waals surface area contributed by atoms with E-state index in [1.54, 1.807) is 18.3 Å². The van der Waals surface area contributed by atoms with Crippen LogP contribution in [0, 0.1) is 5.41 Å². The van der Waals surface area contributed by atoms with Crippen molar-refractivity contribution in [1.29, 1.82) is 0 Å². The molecule has 0 atom stereocenters. The standard InChI is InChI=1S/C23H26F3N3O3/c1-22(2)10-8-15(9-11-22)28-12-14-6-7-18(29-13-14)16-4-3-5-17(20(27)30)19(16)32-21(31)23(24,25)26/h3-7,13,15,28H,8-12H2,1-2H3,(H2,27,30). The number of rotatable bonds is 6. The van der Waals surface area contributed by atoms with E-state index in [0.29, 0.717) is 18.0 Å². The van der Waals surface area contributed by atoms with Gasteiger partial charge in [-0.1, -0.05) is 26.0 Å². The number of pyridine rings is 1. The number of primary amides is 1. The highest BCUT2D eigenvalue weighted by Crippen LogP contribution is 2.36. The van der Waals surface area contributed by atoms with Crippen LogP contribution in [0.25, 0.3) is 11.3 Å². The maximum absolute atomic E-state index is 12.7. The van der Waals surface area contributed by atoms with Crippen molar-refractivity contribution in [2.45, 2.75) is 58.3 Å². The fraction of sp³-hybridized carbons (Fsp3) is 0.435. The molecule has 3 rings (SSSR count). The van der Waals surface area contributed by atoms with Gasteiger partial charge >= 0.3 is 12.1 Å². The van der Waals surface area contributed by atoms with Crippen molar-refractivity contribution in [3.05, 3.63) is 47.7 Å². The molecule has 32 heavy (non-hydrogen) atoms. The van der Waals surface area contributed by atoms with Crippen molar-refractivity contribution in [2.24, 2.45) is 11.1 Å². The van der Waals surface area contributed by atoms with Gasteiger partial charge in [0.05, 0.1) is 11.3 Å². The second kappa shape index (κ2) is 9.28. The summed E-state index contributed by atoms with van der Waals surface area (Å²) in [5.41, 5.74) is 6.52. The Morgan fingerprint density at radius 3 is 2.44 bits per heavy atom. The van der Waals surface area contributed by atoms with E-state index in [9.17, 15) is 22.8 Å². The zero-order valence-electron chi connectivity index (χ0n) is 18.0. The predicted molar refractivity (Wildman–Crippen MR) is 113 cm³/mol. The molecule has 0 saturated heterocycles. The number of esters is 1. The molecule has 1 aromatic heterocycles. The number of aromatic nitrogens is 1. The lowest BCUT2D eigenvalue weighted by Crippen LogP contribution is -2.35.